The first-order chi connectivity index (χ1) is 7.29. The summed E-state index contributed by atoms with van der Waals surface area (Å²) in [5, 5.41) is 7.19. The molecule has 0 amide bonds. The molecule has 15 heavy (non-hydrogen) atoms. The normalized spacial score (nSPS) is 21.0. The molecule has 1 aliphatic rings. The van der Waals surface area contributed by atoms with Crippen LogP contribution in [0.5, 0.6) is 0 Å². The molecule has 0 aliphatic heterocycles. The lowest BCUT2D eigenvalue weighted by atomic mass is 9.80. The Morgan fingerprint density at radius 2 is 1.60 bits per heavy atom. The monoisotopic (exact) mass is 229 g/mol. The Balaban J connectivity index is 2.65. The van der Waals surface area contributed by atoms with Crippen molar-refractivity contribution in [2.24, 2.45) is 0 Å². The Morgan fingerprint density at radius 1 is 1.07 bits per heavy atom. The minimum absolute atomic E-state index is 0.330. The number of likely N-dealkylation sites (N-methyl/N-ethyl adjacent to an activating group) is 2. The van der Waals surface area contributed by atoms with E-state index in [4.69, 9.17) is 0 Å². The van der Waals surface area contributed by atoms with Crippen LogP contribution in [-0.2, 0) is 0 Å². The van der Waals surface area contributed by atoms with Crippen LogP contribution in [0.4, 0.5) is 0 Å². The first-order valence-electron chi connectivity index (χ1n) is 6.44. The fourth-order valence-electron chi connectivity index (χ4n) is 2.74. The summed E-state index contributed by atoms with van der Waals surface area (Å²) >= 11 is 0. The molecule has 1 rings (SSSR count). The van der Waals surface area contributed by atoms with Crippen LogP contribution in [0.1, 0.15) is 46.0 Å². The van der Waals surface area contributed by atoms with Gasteiger partial charge in [-0.15, -0.1) is 0 Å². The van der Waals surface area contributed by atoms with Gasteiger partial charge in [0.05, 0.1) is 16.6 Å². The maximum absolute atomic E-state index is 3.70. The molecule has 0 aromatic rings. The third-order valence-corrected chi connectivity index (χ3v) is 4.61. The minimum atomic E-state index is 0.330. The third-order valence-electron chi connectivity index (χ3n) is 3.61. The molecule has 0 spiro atoms. The van der Waals surface area contributed by atoms with Crippen molar-refractivity contribution in [1.82, 2.24) is 15.6 Å². The van der Waals surface area contributed by atoms with Gasteiger partial charge in [-0.25, -0.2) is 0 Å². The van der Waals surface area contributed by atoms with Gasteiger partial charge in [-0.05, 0) is 25.9 Å². The largest absolute Gasteiger partial charge is 0.338 e. The Morgan fingerprint density at radius 3 is 2.00 bits per heavy atom. The van der Waals surface area contributed by atoms with E-state index in [0.717, 1.165) is 23.5 Å². The average molecular weight is 229 g/mol. The highest BCUT2D eigenvalue weighted by molar-refractivity contribution is 6.05. The molecule has 4 heteroatoms. The van der Waals surface area contributed by atoms with E-state index in [1.165, 1.54) is 32.1 Å². The lowest BCUT2D eigenvalue weighted by Crippen LogP contribution is -2.65. The zero-order valence-electron chi connectivity index (χ0n) is 10.5. The standard InChI is InChI=1S/C11H27N3Si/c1-3-12-10(13-4-2)11(14-15)8-6-5-7-9-11/h10,12-14H,3-9H2,1-2,15H3. The van der Waals surface area contributed by atoms with E-state index in [1.807, 2.05) is 0 Å². The molecule has 1 aliphatic carbocycles. The maximum Gasteiger partial charge on any atom is 0.0757 e. The average Bonchev–Trinajstić information content (AvgIpc) is 2.30. The topological polar surface area (TPSA) is 36.1 Å². The second kappa shape index (κ2) is 6.63. The van der Waals surface area contributed by atoms with Crippen molar-refractivity contribution >= 4 is 10.4 Å². The molecular weight excluding hydrogens is 202 g/mol. The summed E-state index contributed by atoms with van der Waals surface area (Å²) in [4.78, 5) is 3.70. The Kier molecular flexibility index (Phi) is 5.82. The zero-order valence-corrected chi connectivity index (χ0v) is 12.5. The van der Waals surface area contributed by atoms with Crippen LogP contribution in [0.3, 0.4) is 0 Å². The summed E-state index contributed by atoms with van der Waals surface area (Å²) < 4.78 is 0. The van der Waals surface area contributed by atoms with Gasteiger partial charge in [0.25, 0.3) is 0 Å². The molecule has 0 unspecified atom stereocenters. The second-order valence-corrected chi connectivity index (χ2v) is 5.02. The van der Waals surface area contributed by atoms with Crippen molar-refractivity contribution in [3.05, 3.63) is 0 Å². The maximum atomic E-state index is 3.70. The van der Waals surface area contributed by atoms with Crippen LogP contribution in [0.25, 0.3) is 0 Å². The minimum Gasteiger partial charge on any atom is -0.338 e. The Hall–Kier alpha value is 0.0969. The quantitative estimate of drug-likeness (QED) is 0.447. The number of rotatable bonds is 6. The van der Waals surface area contributed by atoms with E-state index >= 15 is 0 Å². The van der Waals surface area contributed by atoms with Crippen molar-refractivity contribution in [3.63, 3.8) is 0 Å². The molecule has 0 aromatic carbocycles. The predicted octanol–water partition coefficient (Wildman–Crippen LogP) is 0.104. The van der Waals surface area contributed by atoms with Gasteiger partial charge in [0.1, 0.15) is 0 Å². The van der Waals surface area contributed by atoms with Crippen LogP contribution in [0.15, 0.2) is 0 Å². The molecule has 1 fully saturated rings. The van der Waals surface area contributed by atoms with Gasteiger partial charge in [-0.1, -0.05) is 33.1 Å². The van der Waals surface area contributed by atoms with Crippen molar-refractivity contribution in [2.75, 3.05) is 13.1 Å². The summed E-state index contributed by atoms with van der Waals surface area (Å²) in [6.07, 6.45) is 7.26. The summed E-state index contributed by atoms with van der Waals surface area (Å²) in [6, 6.07) is 0. The molecule has 0 aromatic heterocycles. The second-order valence-electron chi connectivity index (χ2n) is 4.52. The fourth-order valence-corrected chi connectivity index (χ4v) is 3.53. The lowest BCUT2D eigenvalue weighted by molar-refractivity contribution is 0.174. The molecule has 3 N–H and O–H groups in total. The first kappa shape index (κ1) is 13.2. The van der Waals surface area contributed by atoms with Crippen LogP contribution < -0.4 is 15.6 Å². The van der Waals surface area contributed by atoms with Gasteiger partial charge in [-0.2, -0.15) is 0 Å². The highest BCUT2D eigenvalue weighted by Gasteiger charge is 2.37. The predicted molar refractivity (Wildman–Crippen MR) is 70.0 cm³/mol. The highest BCUT2D eigenvalue weighted by Crippen LogP contribution is 2.29. The Labute approximate surface area is 97.3 Å². The smallest absolute Gasteiger partial charge is 0.0757 e. The van der Waals surface area contributed by atoms with Crippen LogP contribution in [0, 0.1) is 0 Å². The van der Waals surface area contributed by atoms with E-state index in [1.54, 1.807) is 0 Å². The molecule has 90 valence electrons. The summed E-state index contributed by atoms with van der Waals surface area (Å²) in [5.41, 5.74) is 0.330. The van der Waals surface area contributed by atoms with Crippen molar-refractivity contribution < 1.29 is 0 Å². The van der Waals surface area contributed by atoms with Crippen LogP contribution in [-0.4, -0.2) is 35.2 Å². The van der Waals surface area contributed by atoms with Gasteiger partial charge in [0.2, 0.25) is 0 Å². The number of hydrogen-bond acceptors (Lipinski definition) is 3. The van der Waals surface area contributed by atoms with E-state index < -0.39 is 0 Å². The van der Waals surface area contributed by atoms with E-state index in [-0.39, 0.29) is 0 Å². The lowest BCUT2D eigenvalue weighted by Gasteiger charge is -2.44. The van der Waals surface area contributed by atoms with Gasteiger partial charge < -0.3 is 15.6 Å². The summed E-state index contributed by atoms with van der Waals surface area (Å²) in [6.45, 7) is 6.47. The van der Waals surface area contributed by atoms with Crippen molar-refractivity contribution in [2.45, 2.75) is 57.7 Å². The SMILES string of the molecule is CCNC(NCC)C1(N[SiH3])CCCCC1. The number of hydrogen-bond donors (Lipinski definition) is 3. The number of nitrogens with one attached hydrogen (secondary N) is 3. The molecule has 0 radical (unpaired) electrons. The van der Waals surface area contributed by atoms with Crippen LogP contribution >= 0.6 is 0 Å². The van der Waals surface area contributed by atoms with E-state index in [9.17, 15) is 0 Å². The van der Waals surface area contributed by atoms with Gasteiger partial charge >= 0.3 is 0 Å². The molecule has 0 heterocycles. The highest BCUT2D eigenvalue weighted by atomic mass is 28.2. The third kappa shape index (κ3) is 3.28. The molecule has 0 saturated heterocycles. The van der Waals surface area contributed by atoms with Gasteiger partial charge in [-0.3, -0.25) is 0 Å². The molecular formula is C11H27N3Si. The zero-order chi connectivity index (χ0) is 11.1. The van der Waals surface area contributed by atoms with Gasteiger partial charge in [0, 0.05) is 5.54 Å². The molecule has 3 nitrogen and oxygen atoms in total. The Bertz CT molecular complexity index is 163. The fraction of sp³-hybridized carbons (Fsp3) is 1.00. The van der Waals surface area contributed by atoms with Crippen molar-refractivity contribution in [3.8, 4) is 0 Å². The molecule has 0 atom stereocenters. The summed E-state index contributed by atoms with van der Waals surface area (Å²) in [5.74, 6) is 0. The van der Waals surface area contributed by atoms with E-state index in [2.05, 4.69) is 29.5 Å². The molecule has 0 bridgehead atoms. The van der Waals surface area contributed by atoms with Crippen LogP contribution in [0.2, 0.25) is 0 Å². The van der Waals surface area contributed by atoms with Gasteiger partial charge in [0.15, 0.2) is 0 Å². The summed E-state index contributed by atoms with van der Waals surface area (Å²) in [7, 11) is 1.09. The molecule has 1 saturated carbocycles. The first-order valence-corrected chi connectivity index (χ1v) is 7.44. The van der Waals surface area contributed by atoms with Crippen molar-refractivity contribution in [1.29, 1.82) is 0 Å². The van der Waals surface area contributed by atoms with E-state index in [0.29, 0.717) is 11.7 Å².